The van der Waals surface area contributed by atoms with Crippen LogP contribution in [0.15, 0.2) is 23.7 Å². The van der Waals surface area contributed by atoms with Crippen LogP contribution in [0.3, 0.4) is 0 Å². The van der Waals surface area contributed by atoms with Crippen LogP contribution in [-0.4, -0.2) is 51.7 Å². The molecule has 0 spiro atoms. The molecule has 2 fully saturated rings. The Balaban J connectivity index is 1.80. The lowest BCUT2D eigenvalue weighted by atomic mass is 9.79. The van der Waals surface area contributed by atoms with Crippen molar-refractivity contribution in [3.8, 4) is 0 Å². The van der Waals surface area contributed by atoms with E-state index in [1.54, 1.807) is 4.90 Å². The van der Waals surface area contributed by atoms with Gasteiger partial charge < -0.3 is 21.1 Å². The number of aliphatic hydroxyl groups is 1. The third kappa shape index (κ3) is 4.29. The van der Waals surface area contributed by atoms with E-state index in [0.717, 1.165) is 6.20 Å². The monoisotopic (exact) mass is 452 g/mol. The van der Waals surface area contributed by atoms with Gasteiger partial charge in [-0.15, -0.1) is 0 Å². The summed E-state index contributed by atoms with van der Waals surface area (Å²) in [4.78, 5) is 20.2. The Morgan fingerprint density at radius 1 is 1.19 bits per heavy atom. The van der Waals surface area contributed by atoms with Crippen LogP contribution >= 0.6 is 0 Å². The second kappa shape index (κ2) is 7.66. The number of aromatic nitrogens is 2. The maximum atomic E-state index is 13.5. The van der Waals surface area contributed by atoms with Gasteiger partial charge in [0.2, 0.25) is 5.91 Å². The number of halogens is 6. The molecule has 1 atom stereocenters. The molecular weight excluding hydrogens is 434 g/mol. The number of allylic oxidation sites excluding steroid dienone is 1. The van der Waals surface area contributed by atoms with Crippen LogP contribution in [-0.2, 0) is 11.0 Å². The molecule has 3 rings (SSSR count). The van der Waals surface area contributed by atoms with E-state index in [2.05, 4.69) is 9.97 Å². The molecule has 170 valence electrons. The molecule has 2 aliphatic heterocycles. The molecular formula is C17H18F6N6O2. The number of hydrogen-bond acceptors (Lipinski definition) is 7. The Morgan fingerprint density at radius 3 is 2.29 bits per heavy atom. The van der Waals surface area contributed by atoms with Gasteiger partial charge in [0.1, 0.15) is 11.7 Å². The highest BCUT2D eigenvalue weighted by molar-refractivity contribution is 6.11. The van der Waals surface area contributed by atoms with Crippen molar-refractivity contribution in [3.63, 3.8) is 0 Å². The molecule has 14 heteroatoms. The number of piperidine rings is 2. The molecule has 0 radical (unpaired) electrons. The summed E-state index contributed by atoms with van der Waals surface area (Å²) in [6, 6.07) is 0. The highest BCUT2D eigenvalue weighted by atomic mass is 19.4. The molecule has 1 aromatic heterocycles. The normalized spacial score (nSPS) is 25.5. The molecule has 0 aliphatic carbocycles. The summed E-state index contributed by atoms with van der Waals surface area (Å²) in [6.07, 6.45) is -9.25. The van der Waals surface area contributed by atoms with Crippen LogP contribution in [0.25, 0.3) is 0 Å². The Bertz CT molecular complexity index is 905. The first-order valence-corrected chi connectivity index (χ1v) is 9.06. The lowest BCUT2D eigenvalue weighted by Gasteiger charge is -2.39. The SMILES string of the molecule is N=C1NC(=O)CC(O)(C(F)(F)F)C1=C(N)C1CCN(c2cnc(C(F)(F)F)cn2)CC1. The van der Waals surface area contributed by atoms with Gasteiger partial charge in [0.05, 0.1) is 24.4 Å². The molecule has 1 aromatic rings. The molecule has 0 bridgehead atoms. The number of carbonyl (C=O) groups is 1. The number of nitrogens with two attached hydrogens (primary N) is 1. The average molecular weight is 452 g/mol. The Morgan fingerprint density at radius 2 is 1.81 bits per heavy atom. The van der Waals surface area contributed by atoms with E-state index < -0.39 is 53.3 Å². The third-order valence-corrected chi connectivity index (χ3v) is 5.29. The van der Waals surface area contributed by atoms with E-state index in [1.807, 2.05) is 5.32 Å². The van der Waals surface area contributed by atoms with Gasteiger partial charge in [-0.3, -0.25) is 10.2 Å². The molecule has 1 amide bonds. The number of anilines is 1. The van der Waals surface area contributed by atoms with Crippen molar-refractivity contribution in [2.45, 2.75) is 37.2 Å². The molecule has 8 nitrogen and oxygen atoms in total. The number of amidine groups is 1. The summed E-state index contributed by atoms with van der Waals surface area (Å²) in [6.45, 7) is 0.395. The van der Waals surface area contributed by atoms with Crippen molar-refractivity contribution in [1.29, 1.82) is 5.41 Å². The summed E-state index contributed by atoms with van der Waals surface area (Å²) in [5.74, 6) is -2.55. The van der Waals surface area contributed by atoms with E-state index in [9.17, 15) is 36.2 Å². The van der Waals surface area contributed by atoms with Gasteiger partial charge in [0, 0.05) is 24.7 Å². The lowest BCUT2D eigenvalue weighted by molar-refractivity contribution is -0.244. The Hall–Kier alpha value is -2.90. The zero-order valence-corrected chi connectivity index (χ0v) is 15.8. The van der Waals surface area contributed by atoms with Crippen molar-refractivity contribution in [2.75, 3.05) is 18.0 Å². The fraction of sp³-hybridized carbons (Fsp3) is 0.529. The number of alkyl halides is 6. The number of hydrogen-bond donors (Lipinski definition) is 4. The second-order valence-corrected chi connectivity index (χ2v) is 7.31. The van der Waals surface area contributed by atoms with Crippen LogP contribution in [0.2, 0.25) is 0 Å². The van der Waals surface area contributed by atoms with Crippen molar-refractivity contribution >= 4 is 17.6 Å². The third-order valence-electron chi connectivity index (χ3n) is 5.29. The van der Waals surface area contributed by atoms with E-state index in [4.69, 9.17) is 11.1 Å². The quantitative estimate of drug-likeness (QED) is 0.506. The number of rotatable bonds is 2. The largest absolute Gasteiger partial charge is 0.434 e. The van der Waals surface area contributed by atoms with Gasteiger partial charge >= 0.3 is 12.4 Å². The summed E-state index contributed by atoms with van der Waals surface area (Å²) in [5.41, 5.74) is -0.0268. The van der Waals surface area contributed by atoms with Crippen molar-refractivity contribution < 1.29 is 36.2 Å². The van der Waals surface area contributed by atoms with Crippen molar-refractivity contribution in [3.05, 3.63) is 29.4 Å². The van der Waals surface area contributed by atoms with Gasteiger partial charge in [0.15, 0.2) is 11.3 Å². The van der Waals surface area contributed by atoms with Gasteiger partial charge in [-0.05, 0) is 12.8 Å². The predicted molar refractivity (Wildman–Crippen MR) is 94.7 cm³/mol. The molecule has 1 unspecified atom stereocenters. The van der Waals surface area contributed by atoms with Crippen LogP contribution in [0.4, 0.5) is 32.2 Å². The molecule has 3 heterocycles. The van der Waals surface area contributed by atoms with Crippen LogP contribution in [0, 0.1) is 11.3 Å². The lowest BCUT2D eigenvalue weighted by Crippen LogP contribution is -2.59. The zero-order valence-electron chi connectivity index (χ0n) is 15.8. The summed E-state index contributed by atoms with van der Waals surface area (Å²) < 4.78 is 78.4. The minimum absolute atomic E-state index is 0.169. The molecule has 31 heavy (non-hydrogen) atoms. The number of nitrogens with zero attached hydrogens (tertiary/aromatic N) is 3. The number of nitrogens with one attached hydrogen (secondary N) is 2. The Kier molecular flexibility index (Phi) is 5.63. The van der Waals surface area contributed by atoms with Crippen LogP contribution in [0.1, 0.15) is 25.0 Å². The van der Waals surface area contributed by atoms with Gasteiger partial charge in [-0.1, -0.05) is 0 Å². The standard InChI is InChI=1S/C17H18F6N6O2/c18-16(19,20)9-6-27-10(7-26-9)29-3-1-8(2-4-29)13(24)12-14(25)28-11(30)5-15(12,31)17(21,22)23/h6-8,31H,1-5,24H2,(H2,25,28,30). The van der Waals surface area contributed by atoms with E-state index >= 15 is 0 Å². The van der Waals surface area contributed by atoms with Gasteiger partial charge in [-0.25, -0.2) is 9.97 Å². The smallest absolute Gasteiger partial charge is 0.401 e. The maximum absolute atomic E-state index is 13.5. The fourth-order valence-electron chi connectivity index (χ4n) is 3.65. The number of amides is 1. The summed E-state index contributed by atoms with van der Waals surface area (Å²) >= 11 is 0. The zero-order chi connectivity index (χ0) is 23.2. The van der Waals surface area contributed by atoms with Gasteiger partial charge in [-0.2, -0.15) is 26.3 Å². The van der Waals surface area contributed by atoms with E-state index in [1.165, 1.54) is 0 Å². The fourth-order valence-corrected chi connectivity index (χ4v) is 3.65. The molecule has 5 N–H and O–H groups in total. The van der Waals surface area contributed by atoms with Gasteiger partial charge in [0.25, 0.3) is 0 Å². The highest BCUT2D eigenvalue weighted by Gasteiger charge is 2.61. The summed E-state index contributed by atoms with van der Waals surface area (Å²) in [5, 5.41) is 20.0. The molecule has 2 aliphatic rings. The minimum atomic E-state index is -5.23. The summed E-state index contributed by atoms with van der Waals surface area (Å²) in [7, 11) is 0. The first-order valence-electron chi connectivity index (χ1n) is 9.06. The van der Waals surface area contributed by atoms with E-state index in [-0.39, 0.29) is 37.4 Å². The predicted octanol–water partition coefficient (Wildman–Crippen LogP) is 1.72. The first kappa shape index (κ1) is 22.8. The van der Waals surface area contributed by atoms with E-state index in [0.29, 0.717) is 6.20 Å². The first-order chi connectivity index (χ1) is 14.2. The van der Waals surface area contributed by atoms with Crippen molar-refractivity contribution in [1.82, 2.24) is 15.3 Å². The average Bonchev–Trinajstić information content (AvgIpc) is 2.66. The van der Waals surface area contributed by atoms with Crippen LogP contribution < -0.4 is 16.0 Å². The van der Waals surface area contributed by atoms with Crippen molar-refractivity contribution in [2.24, 2.45) is 11.7 Å². The second-order valence-electron chi connectivity index (χ2n) is 7.31. The molecule has 0 saturated carbocycles. The Labute approximate surface area is 171 Å². The molecule has 2 saturated heterocycles. The molecule has 0 aromatic carbocycles. The highest BCUT2D eigenvalue weighted by Crippen LogP contribution is 2.43. The topological polar surface area (TPSA) is 128 Å². The number of carbonyl (C=O) groups excluding carboxylic acids is 1. The maximum Gasteiger partial charge on any atom is 0.434 e. The van der Waals surface area contributed by atoms with Crippen LogP contribution in [0.5, 0.6) is 0 Å². The minimum Gasteiger partial charge on any atom is -0.401 e.